The van der Waals surface area contributed by atoms with Gasteiger partial charge in [0.25, 0.3) is 0 Å². The average Bonchev–Trinajstić information content (AvgIpc) is 2.66. The lowest BCUT2D eigenvalue weighted by atomic mass is 10.1. The van der Waals surface area contributed by atoms with E-state index in [0.29, 0.717) is 42.3 Å². The molecule has 0 fully saturated rings. The van der Waals surface area contributed by atoms with Crippen molar-refractivity contribution in [3.8, 4) is 17.2 Å². The molecule has 6 nitrogen and oxygen atoms in total. The quantitative estimate of drug-likeness (QED) is 0.673. The van der Waals surface area contributed by atoms with Crippen LogP contribution < -0.4 is 24.8 Å². The van der Waals surface area contributed by atoms with Crippen LogP contribution in [0.25, 0.3) is 0 Å². The number of nitrogens with one attached hydrogen (secondary N) is 2. The number of benzene rings is 2. The van der Waals surface area contributed by atoms with Crippen molar-refractivity contribution in [2.24, 2.45) is 0 Å². The van der Waals surface area contributed by atoms with E-state index in [1.165, 1.54) is 13.2 Å². The Kier molecular flexibility index (Phi) is 7.54. The minimum absolute atomic E-state index is 0.268. The molecule has 0 aromatic heterocycles. The molecule has 0 radical (unpaired) electrons. The highest BCUT2D eigenvalue weighted by Crippen LogP contribution is 2.36. The molecule has 0 heterocycles. The van der Waals surface area contributed by atoms with Crippen LogP contribution in [0.1, 0.15) is 5.56 Å². The zero-order chi connectivity index (χ0) is 18.8. The van der Waals surface area contributed by atoms with Crippen molar-refractivity contribution in [1.82, 2.24) is 10.6 Å². The minimum Gasteiger partial charge on any atom is -0.493 e. The minimum atomic E-state index is -0.331. The highest BCUT2D eigenvalue weighted by Gasteiger charge is 2.10. The summed E-state index contributed by atoms with van der Waals surface area (Å²) in [6.07, 6.45) is 0.428. The number of ether oxygens (including phenoxy) is 3. The van der Waals surface area contributed by atoms with Gasteiger partial charge in [0.1, 0.15) is 12.4 Å². The Hall–Kier alpha value is -2.96. The Labute approximate surface area is 152 Å². The Balaban J connectivity index is 1.68. The number of amides is 2. The van der Waals surface area contributed by atoms with Crippen LogP contribution in [0, 0.1) is 5.82 Å². The van der Waals surface area contributed by atoms with E-state index in [9.17, 15) is 9.18 Å². The molecular weight excluding hydrogens is 339 g/mol. The molecule has 0 atom stereocenters. The van der Waals surface area contributed by atoms with Gasteiger partial charge in [0, 0.05) is 6.54 Å². The Morgan fingerprint density at radius 1 is 0.962 bits per heavy atom. The van der Waals surface area contributed by atoms with E-state index in [-0.39, 0.29) is 18.5 Å². The highest BCUT2D eigenvalue weighted by atomic mass is 19.1. The summed E-state index contributed by atoms with van der Waals surface area (Å²) in [5, 5.41) is 5.36. The second kappa shape index (κ2) is 10.1. The molecule has 26 heavy (non-hydrogen) atoms. The van der Waals surface area contributed by atoms with Crippen molar-refractivity contribution in [2.45, 2.75) is 6.42 Å². The normalized spacial score (nSPS) is 10.1. The van der Waals surface area contributed by atoms with E-state index in [0.717, 1.165) is 0 Å². The van der Waals surface area contributed by atoms with Crippen LogP contribution in [-0.4, -0.2) is 39.9 Å². The summed E-state index contributed by atoms with van der Waals surface area (Å²) in [7, 11) is 3.08. The summed E-state index contributed by atoms with van der Waals surface area (Å²) in [6, 6.07) is 11.5. The summed E-state index contributed by atoms with van der Waals surface area (Å²) < 4.78 is 29.6. The maximum absolute atomic E-state index is 13.5. The fourth-order valence-corrected chi connectivity index (χ4v) is 2.37. The second-order valence-corrected chi connectivity index (χ2v) is 5.36. The molecule has 2 N–H and O–H groups in total. The molecular formula is C19H23FN2O4. The largest absolute Gasteiger partial charge is 0.493 e. The molecule has 2 amide bonds. The third-order valence-electron chi connectivity index (χ3n) is 3.65. The predicted molar refractivity (Wildman–Crippen MR) is 96.5 cm³/mol. The van der Waals surface area contributed by atoms with Crippen molar-refractivity contribution >= 4 is 6.03 Å². The van der Waals surface area contributed by atoms with Crippen molar-refractivity contribution in [3.05, 3.63) is 53.8 Å². The molecule has 2 rings (SSSR count). The molecule has 0 saturated carbocycles. The van der Waals surface area contributed by atoms with Crippen LogP contribution in [0.4, 0.5) is 9.18 Å². The van der Waals surface area contributed by atoms with Gasteiger partial charge in [0.05, 0.1) is 20.8 Å². The number of para-hydroxylation sites is 1. The molecule has 2 aromatic carbocycles. The first-order valence-corrected chi connectivity index (χ1v) is 8.24. The molecule has 0 saturated heterocycles. The van der Waals surface area contributed by atoms with Crippen molar-refractivity contribution in [1.29, 1.82) is 0 Å². The third-order valence-corrected chi connectivity index (χ3v) is 3.65. The van der Waals surface area contributed by atoms with Crippen molar-refractivity contribution < 1.29 is 23.4 Å². The van der Waals surface area contributed by atoms with Crippen LogP contribution in [0.5, 0.6) is 17.2 Å². The van der Waals surface area contributed by atoms with Crippen LogP contribution in [0.2, 0.25) is 0 Å². The van der Waals surface area contributed by atoms with Gasteiger partial charge in [-0.1, -0.05) is 24.3 Å². The number of rotatable bonds is 9. The van der Waals surface area contributed by atoms with Gasteiger partial charge in [0.2, 0.25) is 5.75 Å². The van der Waals surface area contributed by atoms with Crippen LogP contribution in [-0.2, 0) is 6.42 Å². The molecule has 0 aliphatic heterocycles. The maximum Gasteiger partial charge on any atom is 0.314 e. The molecule has 0 bridgehead atoms. The van der Waals surface area contributed by atoms with Gasteiger partial charge in [-0.25, -0.2) is 9.18 Å². The van der Waals surface area contributed by atoms with Gasteiger partial charge in [-0.3, -0.25) is 0 Å². The smallest absolute Gasteiger partial charge is 0.314 e. The molecule has 0 unspecified atom stereocenters. The molecule has 2 aromatic rings. The first-order valence-electron chi connectivity index (χ1n) is 8.24. The van der Waals surface area contributed by atoms with Crippen LogP contribution in [0.15, 0.2) is 42.5 Å². The third kappa shape index (κ3) is 5.54. The summed E-state index contributed by atoms with van der Waals surface area (Å²) in [6.45, 7) is 0.924. The van der Waals surface area contributed by atoms with E-state index in [2.05, 4.69) is 10.6 Å². The Morgan fingerprint density at radius 2 is 1.69 bits per heavy atom. The fourth-order valence-electron chi connectivity index (χ4n) is 2.37. The van der Waals surface area contributed by atoms with Gasteiger partial charge in [-0.2, -0.15) is 0 Å². The van der Waals surface area contributed by atoms with E-state index >= 15 is 0 Å². The van der Waals surface area contributed by atoms with Crippen molar-refractivity contribution in [2.75, 3.05) is 33.9 Å². The maximum atomic E-state index is 13.5. The second-order valence-electron chi connectivity index (χ2n) is 5.36. The van der Waals surface area contributed by atoms with Gasteiger partial charge in [-0.15, -0.1) is 0 Å². The predicted octanol–water partition coefficient (Wildman–Crippen LogP) is 2.76. The zero-order valence-electron chi connectivity index (χ0n) is 14.9. The number of urea groups is 1. The zero-order valence-corrected chi connectivity index (χ0v) is 14.9. The fraction of sp³-hybridized carbons (Fsp3) is 0.316. The van der Waals surface area contributed by atoms with Crippen molar-refractivity contribution in [3.63, 3.8) is 0 Å². The molecule has 140 valence electrons. The number of carbonyl (C=O) groups is 1. The van der Waals surface area contributed by atoms with E-state index in [4.69, 9.17) is 14.2 Å². The Morgan fingerprint density at radius 3 is 2.42 bits per heavy atom. The molecule has 7 heteroatoms. The average molecular weight is 362 g/mol. The number of hydrogen-bond donors (Lipinski definition) is 2. The monoisotopic (exact) mass is 362 g/mol. The summed E-state index contributed by atoms with van der Waals surface area (Å²) >= 11 is 0. The summed E-state index contributed by atoms with van der Waals surface area (Å²) in [5.41, 5.74) is 0.571. The number of carbonyl (C=O) groups excluding carboxylic acids is 1. The van der Waals surface area contributed by atoms with Gasteiger partial charge >= 0.3 is 6.03 Å². The highest BCUT2D eigenvalue weighted by molar-refractivity contribution is 5.73. The Bertz CT molecular complexity index is 724. The summed E-state index contributed by atoms with van der Waals surface area (Å²) in [4.78, 5) is 11.7. The lowest BCUT2D eigenvalue weighted by molar-refractivity contribution is 0.235. The van der Waals surface area contributed by atoms with E-state index in [1.807, 2.05) is 0 Å². The van der Waals surface area contributed by atoms with E-state index < -0.39 is 0 Å². The summed E-state index contributed by atoms with van der Waals surface area (Å²) in [5.74, 6) is 1.34. The number of hydrogen-bond acceptors (Lipinski definition) is 4. The number of methoxy groups -OCH3 is 2. The first kappa shape index (κ1) is 19.4. The van der Waals surface area contributed by atoms with Gasteiger partial charge in [0.15, 0.2) is 11.5 Å². The molecule has 0 aliphatic carbocycles. The first-order chi connectivity index (χ1) is 12.7. The molecule has 0 aliphatic rings. The van der Waals surface area contributed by atoms with Gasteiger partial charge < -0.3 is 24.8 Å². The molecule has 0 spiro atoms. The number of halogens is 1. The lowest BCUT2D eigenvalue weighted by Gasteiger charge is -2.14. The topological polar surface area (TPSA) is 68.8 Å². The van der Waals surface area contributed by atoms with Crippen LogP contribution in [0.3, 0.4) is 0 Å². The van der Waals surface area contributed by atoms with E-state index in [1.54, 1.807) is 43.5 Å². The van der Waals surface area contributed by atoms with Crippen LogP contribution >= 0.6 is 0 Å². The standard InChI is InChI=1S/C19H23FN2O4/c1-24-16-8-5-9-17(18(16)25-2)26-13-12-22-19(23)21-11-10-14-6-3-4-7-15(14)20/h3-9H,10-13H2,1-2H3,(H2,21,22,23). The SMILES string of the molecule is COc1cccc(OCCNC(=O)NCCc2ccccc2F)c1OC. The van der Waals surface area contributed by atoms with Gasteiger partial charge in [-0.05, 0) is 30.2 Å². The lowest BCUT2D eigenvalue weighted by Crippen LogP contribution is -2.38.